The molecule has 5 heteroatoms. The SMILES string of the molecule is O=C(N/N=C/c1c2ccccc2cc2ccccc12)C1NNC2c3ccccc3CCC12. The van der Waals surface area contributed by atoms with Crippen LogP contribution in [-0.4, -0.2) is 18.2 Å². The Hall–Kier alpha value is -3.54. The maximum Gasteiger partial charge on any atom is 0.258 e. The van der Waals surface area contributed by atoms with E-state index in [1.165, 1.54) is 11.1 Å². The highest BCUT2D eigenvalue weighted by Gasteiger charge is 2.43. The summed E-state index contributed by atoms with van der Waals surface area (Å²) in [4.78, 5) is 13.0. The molecule has 0 aromatic heterocycles. The van der Waals surface area contributed by atoms with Gasteiger partial charge in [0.1, 0.15) is 6.04 Å². The van der Waals surface area contributed by atoms with Crippen molar-refractivity contribution in [3.05, 3.63) is 95.6 Å². The second-order valence-electron chi connectivity index (χ2n) is 8.61. The van der Waals surface area contributed by atoms with Gasteiger partial charge < -0.3 is 0 Å². The van der Waals surface area contributed by atoms with Gasteiger partial charge in [0, 0.05) is 11.5 Å². The van der Waals surface area contributed by atoms with Gasteiger partial charge >= 0.3 is 0 Å². The summed E-state index contributed by atoms with van der Waals surface area (Å²) in [6.07, 6.45) is 3.74. The average molecular weight is 421 g/mol. The van der Waals surface area contributed by atoms with Crippen molar-refractivity contribution in [2.45, 2.75) is 24.9 Å². The minimum absolute atomic E-state index is 0.106. The molecule has 0 spiro atoms. The molecule has 32 heavy (non-hydrogen) atoms. The van der Waals surface area contributed by atoms with E-state index in [0.717, 1.165) is 39.9 Å². The second-order valence-corrected chi connectivity index (χ2v) is 8.61. The van der Waals surface area contributed by atoms with Crippen LogP contribution in [0.1, 0.15) is 29.2 Å². The smallest absolute Gasteiger partial charge is 0.258 e. The zero-order valence-corrected chi connectivity index (χ0v) is 17.6. The minimum atomic E-state index is -0.310. The van der Waals surface area contributed by atoms with Crippen LogP contribution in [0.3, 0.4) is 0 Å². The van der Waals surface area contributed by atoms with Crippen LogP contribution in [0.4, 0.5) is 0 Å². The van der Waals surface area contributed by atoms with Crippen LogP contribution in [0.2, 0.25) is 0 Å². The van der Waals surface area contributed by atoms with E-state index >= 15 is 0 Å². The van der Waals surface area contributed by atoms with E-state index in [9.17, 15) is 4.79 Å². The molecule has 0 radical (unpaired) electrons. The Kier molecular flexibility index (Phi) is 4.71. The molecule has 0 bridgehead atoms. The van der Waals surface area contributed by atoms with E-state index in [0.29, 0.717) is 0 Å². The van der Waals surface area contributed by atoms with Crippen LogP contribution in [0.25, 0.3) is 21.5 Å². The molecular formula is C27H24N4O. The predicted molar refractivity (Wildman–Crippen MR) is 128 cm³/mol. The lowest BCUT2D eigenvalue weighted by atomic mass is 9.77. The fourth-order valence-corrected chi connectivity index (χ4v) is 5.29. The lowest BCUT2D eigenvalue weighted by molar-refractivity contribution is -0.123. The van der Waals surface area contributed by atoms with Crippen molar-refractivity contribution < 1.29 is 4.79 Å². The number of amides is 1. The maximum atomic E-state index is 13.0. The van der Waals surface area contributed by atoms with Gasteiger partial charge in [0.15, 0.2) is 0 Å². The predicted octanol–water partition coefficient (Wildman–Crippen LogP) is 4.22. The van der Waals surface area contributed by atoms with Gasteiger partial charge in [-0.3, -0.25) is 4.79 Å². The van der Waals surface area contributed by atoms with Gasteiger partial charge in [0.2, 0.25) is 0 Å². The first kappa shape index (κ1) is 19.2. The van der Waals surface area contributed by atoms with E-state index in [1.54, 1.807) is 6.21 Å². The van der Waals surface area contributed by atoms with Crippen LogP contribution in [0, 0.1) is 5.92 Å². The van der Waals surface area contributed by atoms with Gasteiger partial charge in [0.05, 0.1) is 12.3 Å². The first-order valence-electron chi connectivity index (χ1n) is 11.1. The largest absolute Gasteiger partial charge is 0.271 e. The summed E-state index contributed by atoms with van der Waals surface area (Å²) >= 11 is 0. The molecular weight excluding hydrogens is 396 g/mol. The highest BCUT2D eigenvalue weighted by Crippen LogP contribution is 2.38. The van der Waals surface area contributed by atoms with Crippen molar-refractivity contribution in [1.29, 1.82) is 0 Å². The van der Waals surface area contributed by atoms with Crippen LogP contribution in [0.15, 0.2) is 84.0 Å². The molecule has 1 heterocycles. The van der Waals surface area contributed by atoms with Crippen molar-refractivity contribution in [3.8, 4) is 0 Å². The molecule has 5 nitrogen and oxygen atoms in total. The molecule has 0 saturated carbocycles. The van der Waals surface area contributed by atoms with Crippen molar-refractivity contribution in [2.24, 2.45) is 11.0 Å². The summed E-state index contributed by atoms with van der Waals surface area (Å²) in [7, 11) is 0. The topological polar surface area (TPSA) is 65.5 Å². The number of nitrogens with zero attached hydrogens (tertiary/aromatic N) is 1. The van der Waals surface area contributed by atoms with Crippen LogP contribution in [0.5, 0.6) is 0 Å². The molecule has 1 fully saturated rings. The number of nitrogens with one attached hydrogen (secondary N) is 3. The monoisotopic (exact) mass is 420 g/mol. The van der Waals surface area contributed by atoms with Crippen molar-refractivity contribution in [3.63, 3.8) is 0 Å². The van der Waals surface area contributed by atoms with E-state index < -0.39 is 0 Å². The highest BCUT2D eigenvalue weighted by atomic mass is 16.2. The zero-order valence-electron chi connectivity index (χ0n) is 17.6. The normalized spacial score (nSPS) is 22.2. The average Bonchev–Trinajstić information content (AvgIpc) is 3.28. The molecule has 3 atom stereocenters. The van der Waals surface area contributed by atoms with Crippen LogP contribution in [-0.2, 0) is 11.2 Å². The molecule has 1 aliphatic carbocycles. The van der Waals surface area contributed by atoms with E-state index in [2.05, 4.69) is 76.0 Å². The number of aryl methyl sites for hydroxylation is 1. The minimum Gasteiger partial charge on any atom is -0.271 e. The molecule has 2 aliphatic rings. The van der Waals surface area contributed by atoms with Gasteiger partial charge in [-0.1, -0.05) is 72.8 Å². The number of hydrogen-bond acceptors (Lipinski definition) is 4. The van der Waals surface area contributed by atoms with Crippen LogP contribution >= 0.6 is 0 Å². The molecule has 3 unspecified atom stereocenters. The Morgan fingerprint density at radius 3 is 2.38 bits per heavy atom. The second kappa shape index (κ2) is 7.86. The summed E-state index contributed by atoms with van der Waals surface area (Å²) in [5, 5.41) is 8.93. The van der Waals surface area contributed by atoms with E-state index in [4.69, 9.17) is 0 Å². The summed E-state index contributed by atoms with van der Waals surface area (Å²) in [6, 6.07) is 27.1. The van der Waals surface area contributed by atoms with Gasteiger partial charge in [-0.15, -0.1) is 0 Å². The third-order valence-electron chi connectivity index (χ3n) is 6.85. The summed E-state index contributed by atoms with van der Waals surface area (Å²) < 4.78 is 0. The van der Waals surface area contributed by atoms with Crippen molar-refractivity contribution in [1.82, 2.24) is 16.3 Å². The van der Waals surface area contributed by atoms with Crippen molar-refractivity contribution in [2.75, 3.05) is 0 Å². The molecule has 3 N–H and O–H groups in total. The van der Waals surface area contributed by atoms with Crippen LogP contribution < -0.4 is 16.3 Å². The zero-order chi connectivity index (χ0) is 21.5. The molecule has 1 aliphatic heterocycles. The summed E-state index contributed by atoms with van der Waals surface area (Å²) in [5.41, 5.74) is 13.0. The summed E-state index contributed by atoms with van der Waals surface area (Å²) in [5.74, 6) is 0.101. The maximum absolute atomic E-state index is 13.0. The molecule has 1 saturated heterocycles. The molecule has 4 aromatic rings. The third-order valence-corrected chi connectivity index (χ3v) is 6.85. The first-order valence-corrected chi connectivity index (χ1v) is 11.1. The first-order chi connectivity index (χ1) is 15.8. The number of hydrazine groups is 1. The lowest BCUT2D eigenvalue weighted by Crippen LogP contribution is -2.44. The number of fused-ring (bicyclic) bond motifs is 5. The Balaban J connectivity index is 1.25. The molecule has 4 aromatic carbocycles. The fourth-order valence-electron chi connectivity index (χ4n) is 5.29. The van der Waals surface area contributed by atoms with E-state index in [-0.39, 0.29) is 23.9 Å². The summed E-state index contributed by atoms with van der Waals surface area (Å²) in [6.45, 7) is 0. The number of hydrogen-bond donors (Lipinski definition) is 3. The lowest BCUT2D eigenvalue weighted by Gasteiger charge is -2.29. The Morgan fingerprint density at radius 1 is 0.906 bits per heavy atom. The number of carbonyl (C=O) groups is 1. The molecule has 158 valence electrons. The van der Waals surface area contributed by atoms with Gasteiger partial charge in [0.25, 0.3) is 5.91 Å². The Bertz CT molecular complexity index is 1310. The van der Waals surface area contributed by atoms with Gasteiger partial charge in [-0.25, -0.2) is 16.3 Å². The third kappa shape index (κ3) is 3.18. The highest BCUT2D eigenvalue weighted by molar-refractivity contribution is 6.13. The van der Waals surface area contributed by atoms with Crippen molar-refractivity contribution >= 4 is 33.7 Å². The standard InChI is InChI=1S/C27H24N4O/c32-27(26-23-14-13-17-7-1-6-12-22(17)25(23)29-30-26)31-28-16-24-20-10-4-2-8-18(20)15-19-9-3-5-11-21(19)24/h1-12,15-16,23,25-26,29-30H,13-14H2,(H,31,32)/b28-16+. The number of carbonyl (C=O) groups excluding carboxylic acids is 1. The quantitative estimate of drug-likeness (QED) is 0.264. The van der Waals surface area contributed by atoms with Gasteiger partial charge in [-0.05, 0) is 51.6 Å². The molecule has 1 amide bonds. The number of benzene rings is 4. The number of rotatable bonds is 3. The Labute approximate surface area is 186 Å². The van der Waals surface area contributed by atoms with E-state index in [1.807, 2.05) is 24.3 Å². The molecule has 6 rings (SSSR count). The Morgan fingerprint density at radius 2 is 1.59 bits per heavy atom. The number of hydrazone groups is 1. The fraction of sp³-hybridized carbons (Fsp3) is 0.185. The van der Waals surface area contributed by atoms with Gasteiger partial charge in [-0.2, -0.15) is 5.10 Å².